The highest BCUT2D eigenvalue weighted by Crippen LogP contribution is 2.37. The largest absolute Gasteiger partial charge is 0.399 e. The number of benzene rings is 1. The molecule has 4 rings (SSSR count). The molecule has 136 valence electrons. The van der Waals surface area contributed by atoms with Gasteiger partial charge in [-0.2, -0.15) is 0 Å². The zero-order valence-corrected chi connectivity index (χ0v) is 15.2. The van der Waals surface area contributed by atoms with Crippen molar-refractivity contribution < 1.29 is 9.18 Å². The number of amides is 2. The molecular weight excluding hydrogens is 365 g/mol. The zero-order valence-electron chi connectivity index (χ0n) is 14.4. The van der Waals surface area contributed by atoms with E-state index in [4.69, 9.17) is 10.7 Å². The Kier molecular flexibility index (Phi) is 4.33. The van der Waals surface area contributed by atoms with Crippen molar-refractivity contribution in [2.45, 2.75) is 13.0 Å². The van der Waals surface area contributed by atoms with Gasteiger partial charge in [-0.25, -0.2) is 14.2 Å². The van der Waals surface area contributed by atoms with Gasteiger partial charge in [-0.15, -0.1) is 11.3 Å². The van der Waals surface area contributed by atoms with Crippen molar-refractivity contribution in [3.05, 3.63) is 70.2 Å². The summed E-state index contributed by atoms with van der Waals surface area (Å²) in [6.07, 6.45) is 2.67. The van der Waals surface area contributed by atoms with E-state index in [2.05, 4.69) is 15.6 Å². The van der Waals surface area contributed by atoms with Crippen LogP contribution in [0.1, 0.15) is 23.5 Å². The fourth-order valence-electron chi connectivity index (χ4n) is 3.00. The molecule has 1 aromatic carbocycles. The summed E-state index contributed by atoms with van der Waals surface area (Å²) in [5.41, 5.74) is 10.2. The van der Waals surface area contributed by atoms with Crippen molar-refractivity contribution in [3.63, 3.8) is 0 Å². The molecule has 0 saturated heterocycles. The number of pyridine rings is 1. The summed E-state index contributed by atoms with van der Waals surface area (Å²) in [6, 6.07) is 7.94. The van der Waals surface area contributed by atoms with Gasteiger partial charge in [0.2, 0.25) is 0 Å². The third kappa shape index (κ3) is 3.39. The number of nitrogens with two attached hydrogens (primary N) is 1. The molecule has 0 radical (unpaired) electrons. The SMILES string of the molecule is CC1=C(c2nc(-c3ccc(N)cc3)cs2)C(c2cncc(F)c2)NC(=O)N1. The molecule has 1 aliphatic rings. The summed E-state index contributed by atoms with van der Waals surface area (Å²) in [6.45, 7) is 1.80. The van der Waals surface area contributed by atoms with Crippen LogP contribution >= 0.6 is 11.3 Å². The van der Waals surface area contributed by atoms with Crippen molar-refractivity contribution in [1.82, 2.24) is 20.6 Å². The van der Waals surface area contributed by atoms with Crippen LogP contribution in [-0.2, 0) is 0 Å². The van der Waals surface area contributed by atoms with E-state index in [1.54, 1.807) is 13.1 Å². The molecule has 27 heavy (non-hydrogen) atoms. The number of nitrogen functional groups attached to an aromatic ring is 1. The highest BCUT2D eigenvalue weighted by atomic mass is 32.1. The van der Waals surface area contributed by atoms with E-state index < -0.39 is 11.9 Å². The van der Waals surface area contributed by atoms with Gasteiger partial charge in [-0.05, 0) is 25.1 Å². The predicted molar refractivity (Wildman–Crippen MR) is 103 cm³/mol. The lowest BCUT2D eigenvalue weighted by Gasteiger charge is -2.28. The molecule has 2 amide bonds. The molecule has 8 heteroatoms. The summed E-state index contributed by atoms with van der Waals surface area (Å²) in [4.78, 5) is 20.6. The number of anilines is 1. The van der Waals surface area contributed by atoms with Gasteiger partial charge in [0.1, 0.15) is 10.8 Å². The number of nitrogens with zero attached hydrogens (tertiary/aromatic N) is 2. The summed E-state index contributed by atoms with van der Waals surface area (Å²) >= 11 is 1.46. The Morgan fingerprint density at radius 2 is 2.00 bits per heavy atom. The van der Waals surface area contributed by atoms with Crippen LogP contribution in [0.3, 0.4) is 0 Å². The molecule has 1 aliphatic heterocycles. The summed E-state index contributed by atoms with van der Waals surface area (Å²) in [5, 5.41) is 8.28. The van der Waals surface area contributed by atoms with E-state index in [1.807, 2.05) is 29.6 Å². The molecular formula is C19H16FN5OS. The van der Waals surface area contributed by atoms with Crippen LogP contribution in [-0.4, -0.2) is 16.0 Å². The normalized spacial score (nSPS) is 16.8. The van der Waals surface area contributed by atoms with E-state index in [-0.39, 0.29) is 6.03 Å². The van der Waals surface area contributed by atoms with Crippen molar-refractivity contribution in [2.24, 2.45) is 0 Å². The van der Waals surface area contributed by atoms with Crippen LogP contribution in [0.25, 0.3) is 16.8 Å². The van der Waals surface area contributed by atoms with Gasteiger partial charge in [-0.1, -0.05) is 12.1 Å². The minimum atomic E-state index is -0.535. The fraction of sp³-hybridized carbons (Fsp3) is 0.105. The maximum absolute atomic E-state index is 13.7. The molecule has 3 heterocycles. The van der Waals surface area contributed by atoms with Gasteiger partial charge in [-0.3, -0.25) is 4.98 Å². The Bertz CT molecular complexity index is 1040. The summed E-state index contributed by atoms with van der Waals surface area (Å²) < 4.78 is 13.7. The van der Waals surface area contributed by atoms with Crippen molar-refractivity contribution in [1.29, 1.82) is 0 Å². The first-order valence-electron chi connectivity index (χ1n) is 8.22. The van der Waals surface area contributed by atoms with Crippen LogP contribution in [0.5, 0.6) is 0 Å². The van der Waals surface area contributed by atoms with Crippen LogP contribution in [0.2, 0.25) is 0 Å². The molecule has 0 bridgehead atoms. The zero-order chi connectivity index (χ0) is 19.0. The molecule has 2 aromatic heterocycles. The van der Waals surface area contributed by atoms with E-state index in [9.17, 15) is 9.18 Å². The second kappa shape index (κ2) is 6.81. The van der Waals surface area contributed by atoms with Gasteiger partial charge < -0.3 is 16.4 Å². The molecule has 1 atom stereocenters. The number of hydrogen-bond acceptors (Lipinski definition) is 5. The van der Waals surface area contributed by atoms with Crippen LogP contribution in [0, 0.1) is 5.82 Å². The second-order valence-corrected chi connectivity index (χ2v) is 7.02. The number of hydrogen-bond donors (Lipinski definition) is 3. The Morgan fingerprint density at radius 3 is 2.74 bits per heavy atom. The number of halogens is 1. The molecule has 0 aliphatic carbocycles. The van der Waals surface area contributed by atoms with E-state index in [0.29, 0.717) is 16.9 Å². The van der Waals surface area contributed by atoms with Crippen molar-refractivity contribution >= 4 is 28.6 Å². The van der Waals surface area contributed by atoms with E-state index in [1.165, 1.54) is 17.4 Å². The summed E-state index contributed by atoms with van der Waals surface area (Å²) in [7, 11) is 0. The standard InChI is InChI=1S/C19H16FN5OS/c1-10-16(17(25-19(26)23-10)12-6-13(20)8-22-7-12)18-24-15(9-27-18)11-2-4-14(21)5-3-11/h2-9,17H,21H2,1H3,(H2,23,25,26). The minimum Gasteiger partial charge on any atom is -0.399 e. The minimum absolute atomic E-state index is 0.346. The smallest absolute Gasteiger partial charge is 0.319 e. The lowest BCUT2D eigenvalue weighted by Crippen LogP contribution is -2.42. The van der Waals surface area contributed by atoms with Gasteiger partial charge in [0.05, 0.1) is 17.9 Å². The number of rotatable bonds is 3. The molecule has 0 fully saturated rings. The fourth-order valence-corrected chi connectivity index (χ4v) is 3.96. The first-order chi connectivity index (χ1) is 13.0. The third-order valence-corrected chi connectivity index (χ3v) is 5.15. The topological polar surface area (TPSA) is 92.9 Å². The maximum atomic E-state index is 13.7. The molecule has 0 spiro atoms. The monoisotopic (exact) mass is 381 g/mol. The Hall–Kier alpha value is -3.26. The molecule has 4 N–H and O–H groups in total. The third-order valence-electron chi connectivity index (χ3n) is 4.27. The highest BCUT2D eigenvalue weighted by molar-refractivity contribution is 7.11. The number of nitrogens with one attached hydrogen (secondary N) is 2. The van der Waals surface area contributed by atoms with Crippen LogP contribution in [0.4, 0.5) is 14.9 Å². The Morgan fingerprint density at radius 1 is 1.22 bits per heavy atom. The number of aromatic nitrogens is 2. The van der Waals surface area contributed by atoms with Gasteiger partial charge >= 0.3 is 6.03 Å². The van der Waals surface area contributed by atoms with Crippen molar-refractivity contribution in [3.8, 4) is 11.3 Å². The number of carbonyl (C=O) groups is 1. The predicted octanol–water partition coefficient (Wildman–Crippen LogP) is 3.71. The average Bonchev–Trinajstić information content (AvgIpc) is 3.11. The Labute approximate surface area is 159 Å². The molecule has 1 unspecified atom stereocenters. The lowest BCUT2D eigenvalue weighted by atomic mass is 9.97. The van der Waals surface area contributed by atoms with Crippen LogP contribution < -0.4 is 16.4 Å². The quantitative estimate of drug-likeness (QED) is 0.603. The number of urea groups is 1. The van der Waals surface area contributed by atoms with Crippen molar-refractivity contribution in [2.75, 3.05) is 5.73 Å². The van der Waals surface area contributed by atoms with E-state index in [0.717, 1.165) is 28.0 Å². The van der Waals surface area contributed by atoms with Crippen LogP contribution in [0.15, 0.2) is 53.8 Å². The van der Waals surface area contributed by atoms with E-state index >= 15 is 0 Å². The second-order valence-electron chi connectivity index (χ2n) is 6.17. The Balaban J connectivity index is 1.76. The van der Waals surface area contributed by atoms with Gasteiger partial charge in [0.25, 0.3) is 0 Å². The summed E-state index contributed by atoms with van der Waals surface area (Å²) in [5.74, 6) is -0.459. The first-order valence-corrected chi connectivity index (χ1v) is 9.10. The number of thiazole rings is 1. The van der Waals surface area contributed by atoms with Gasteiger partial charge in [0.15, 0.2) is 0 Å². The molecule has 0 saturated carbocycles. The maximum Gasteiger partial charge on any atom is 0.319 e. The lowest BCUT2D eigenvalue weighted by molar-refractivity contribution is 0.240. The number of carbonyl (C=O) groups excluding carboxylic acids is 1. The molecule has 3 aromatic rings. The van der Waals surface area contributed by atoms with Gasteiger partial charge in [0, 0.05) is 39.7 Å². The molecule has 6 nitrogen and oxygen atoms in total. The first kappa shape index (κ1) is 17.2. The average molecular weight is 381 g/mol. The highest BCUT2D eigenvalue weighted by Gasteiger charge is 2.30. The number of allylic oxidation sites excluding steroid dienone is 1.